The summed E-state index contributed by atoms with van der Waals surface area (Å²) in [5.74, 6) is -0.788. The number of nitrogens with zero attached hydrogens (tertiary/aromatic N) is 4. The average Bonchev–Trinajstić information content (AvgIpc) is 3.71. The number of amides is 2. The van der Waals surface area contributed by atoms with Gasteiger partial charge in [0.25, 0.3) is 5.91 Å². The highest BCUT2D eigenvalue weighted by Crippen LogP contribution is 2.35. The molecule has 11 nitrogen and oxygen atoms in total. The zero-order valence-electron chi connectivity index (χ0n) is 21.4. The number of benzene rings is 1. The van der Waals surface area contributed by atoms with Crippen molar-refractivity contribution in [2.75, 3.05) is 10.3 Å². The summed E-state index contributed by atoms with van der Waals surface area (Å²) in [6, 6.07) is 9.31. The van der Waals surface area contributed by atoms with Gasteiger partial charge >= 0.3 is 10.1 Å². The molecule has 0 spiro atoms. The minimum atomic E-state index is -4.34. The molecule has 3 aromatic rings. The quantitative estimate of drug-likeness (QED) is 0.316. The van der Waals surface area contributed by atoms with Gasteiger partial charge < -0.3 is 14.8 Å². The number of aromatic nitrogens is 2. The van der Waals surface area contributed by atoms with Gasteiger partial charge in [0.05, 0.1) is 22.7 Å². The van der Waals surface area contributed by atoms with E-state index >= 15 is 0 Å². The smallest absolute Gasteiger partial charge is 0.358 e. The third kappa shape index (κ3) is 6.64. The van der Waals surface area contributed by atoms with Gasteiger partial charge in [0.2, 0.25) is 11.8 Å². The van der Waals surface area contributed by atoms with Gasteiger partial charge in [-0.2, -0.15) is 8.42 Å². The molecule has 0 radical (unpaired) electrons. The Balaban J connectivity index is 1.44. The summed E-state index contributed by atoms with van der Waals surface area (Å²) in [6.07, 6.45) is 4.59. The van der Waals surface area contributed by atoms with Crippen molar-refractivity contribution in [3.8, 4) is 0 Å². The summed E-state index contributed by atoms with van der Waals surface area (Å²) in [4.78, 5) is 35.0. The molecule has 2 amide bonds. The minimum Gasteiger partial charge on any atom is -0.360 e. The molecule has 0 bridgehead atoms. The zero-order valence-corrected chi connectivity index (χ0v) is 25.3. The monoisotopic (exact) mass is 680 g/mol. The Kier molecular flexibility index (Phi) is 8.50. The fourth-order valence-electron chi connectivity index (χ4n) is 4.23. The van der Waals surface area contributed by atoms with Crippen LogP contribution in [0.5, 0.6) is 0 Å². The van der Waals surface area contributed by atoms with E-state index in [0.29, 0.717) is 15.4 Å². The van der Waals surface area contributed by atoms with Crippen LogP contribution in [-0.4, -0.2) is 48.2 Å². The van der Waals surface area contributed by atoms with Gasteiger partial charge in [0.1, 0.15) is 6.04 Å². The zero-order chi connectivity index (χ0) is 29.3. The molecule has 2 unspecified atom stereocenters. The van der Waals surface area contributed by atoms with Crippen molar-refractivity contribution in [3.63, 3.8) is 0 Å². The lowest BCUT2D eigenvalue weighted by Gasteiger charge is -2.23. The molecular weight excluding hydrogens is 659 g/mol. The highest BCUT2D eigenvalue weighted by Gasteiger charge is 2.39. The number of nitrogens with one attached hydrogen (secondary N) is 2. The Bertz CT molecular complexity index is 1640. The summed E-state index contributed by atoms with van der Waals surface area (Å²) in [7, 11) is -4.34. The van der Waals surface area contributed by atoms with Crippen LogP contribution in [0.1, 0.15) is 36.5 Å². The van der Waals surface area contributed by atoms with Crippen LogP contribution < -0.4 is 15.6 Å². The topological polar surface area (TPSA) is 143 Å². The average molecular weight is 682 g/mol. The van der Waals surface area contributed by atoms with E-state index < -0.39 is 28.0 Å². The Hall–Kier alpha value is -3.26. The van der Waals surface area contributed by atoms with E-state index in [1.165, 1.54) is 35.6 Å². The Morgan fingerprint density at radius 1 is 1.12 bits per heavy atom. The van der Waals surface area contributed by atoms with Crippen molar-refractivity contribution >= 4 is 78.5 Å². The Morgan fingerprint density at radius 2 is 1.88 bits per heavy atom. The molecule has 15 heteroatoms. The summed E-state index contributed by atoms with van der Waals surface area (Å²) in [5.41, 5.74) is 0.336. The van der Waals surface area contributed by atoms with Crippen LogP contribution in [0.15, 0.2) is 69.5 Å². The van der Waals surface area contributed by atoms with E-state index in [4.69, 9.17) is 27.4 Å². The van der Waals surface area contributed by atoms with E-state index in [-0.39, 0.29) is 45.5 Å². The Labute approximate surface area is 254 Å². The molecule has 2 aromatic heterocycles. The summed E-state index contributed by atoms with van der Waals surface area (Å²) < 4.78 is 31.3. The van der Waals surface area contributed by atoms with Gasteiger partial charge in [0.15, 0.2) is 10.8 Å². The largest absolute Gasteiger partial charge is 0.360 e. The summed E-state index contributed by atoms with van der Waals surface area (Å²) >= 11 is 16.0. The molecule has 1 aromatic carbocycles. The highest BCUT2D eigenvalue weighted by atomic mass is 79.9. The summed E-state index contributed by atoms with van der Waals surface area (Å²) in [6.45, 7) is 1.93. The first-order valence-electron chi connectivity index (χ1n) is 12.5. The third-order valence-corrected chi connectivity index (χ3v) is 8.78. The number of carbonyl (C=O) groups is 2. The molecule has 214 valence electrons. The van der Waals surface area contributed by atoms with Gasteiger partial charge in [-0.05, 0) is 78.0 Å². The van der Waals surface area contributed by atoms with E-state index in [1.807, 2.05) is 6.92 Å². The third-order valence-electron chi connectivity index (χ3n) is 6.48. The molecule has 0 saturated heterocycles. The number of hydrogen-bond donors (Lipinski definition) is 2. The van der Waals surface area contributed by atoms with Gasteiger partial charge in [-0.1, -0.05) is 29.3 Å². The second-order valence-corrected chi connectivity index (χ2v) is 12.7. The number of halogens is 3. The second kappa shape index (κ2) is 11.9. The molecule has 2 N–H and O–H groups in total. The summed E-state index contributed by atoms with van der Waals surface area (Å²) in [5, 5.41) is 11.3. The van der Waals surface area contributed by atoms with Gasteiger partial charge in [-0.25, -0.2) is 15.0 Å². The first kappa shape index (κ1) is 29.2. The standard InChI is InChI=1S/C26H23BrCl2N6O5S/c1-14(15-7-8-15)32-25(36)17-11-16(28)12-18(27)23(17)33-26(37)20-13-21(34-35(20)24-19(29)5-4-10-31-24)40-41(38,39)22-6-2-3-9-30-22/h2-6,9-12,14-15,20H,7-8,13H2,1H3,(H,32,36)(H,33,37). The molecule has 3 heterocycles. The fraction of sp³-hybridized carbons (Fsp3) is 0.269. The van der Waals surface area contributed by atoms with Gasteiger partial charge in [0, 0.05) is 27.9 Å². The van der Waals surface area contributed by atoms with Crippen molar-refractivity contribution in [2.24, 2.45) is 11.0 Å². The van der Waals surface area contributed by atoms with Crippen LogP contribution in [0.25, 0.3) is 0 Å². The first-order valence-corrected chi connectivity index (χ1v) is 15.4. The van der Waals surface area contributed by atoms with Crippen LogP contribution in [0.2, 0.25) is 10.0 Å². The molecular formula is C26H23BrCl2N6O5S. The number of hydrazone groups is 1. The first-order chi connectivity index (χ1) is 19.5. The lowest BCUT2D eigenvalue weighted by Crippen LogP contribution is -2.40. The van der Waals surface area contributed by atoms with Crippen molar-refractivity contribution in [1.29, 1.82) is 0 Å². The normalized spacial score (nSPS) is 17.5. The van der Waals surface area contributed by atoms with Crippen LogP contribution in [0.3, 0.4) is 0 Å². The van der Waals surface area contributed by atoms with Crippen LogP contribution >= 0.6 is 39.1 Å². The maximum Gasteiger partial charge on any atom is 0.358 e. The Morgan fingerprint density at radius 3 is 2.56 bits per heavy atom. The lowest BCUT2D eigenvalue weighted by molar-refractivity contribution is -0.117. The number of pyridine rings is 2. The lowest BCUT2D eigenvalue weighted by atomic mass is 10.1. The predicted molar refractivity (Wildman–Crippen MR) is 158 cm³/mol. The molecule has 1 saturated carbocycles. The molecule has 1 fully saturated rings. The predicted octanol–water partition coefficient (Wildman–Crippen LogP) is 5.01. The maximum atomic E-state index is 13.7. The van der Waals surface area contributed by atoms with Crippen LogP contribution in [0, 0.1) is 5.92 Å². The van der Waals surface area contributed by atoms with E-state index in [9.17, 15) is 18.0 Å². The number of anilines is 2. The molecule has 2 atom stereocenters. The molecule has 5 rings (SSSR count). The van der Waals surface area contributed by atoms with Crippen molar-refractivity contribution in [3.05, 3.63) is 74.9 Å². The second-order valence-electron chi connectivity index (χ2n) is 9.47. The van der Waals surface area contributed by atoms with Crippen molar-refractivity contribution in [1.82, 2.24) is 15.3 Å². The van der Waals surface area contributed by atoms with Crippen LogP contribution in [-0.2, 0) is 19.1 Å². The van der Waals surface area contributed by atoms with Crippen molar-refractivity contribution < 1.29 is 22.2 Å². The highest BCUT2D eigenvalue weighted by molar-refractivity contribution is 9.10. The minimum absolute atomic E-state index is 0.0467. The van der Waals surface area contributed by atoms with Gasteiger partial charge in [-0.3, -0.25) is 9.59 Å². The number of rotatable bonds is 8. The van der Waals surface area contributed by atoms with Crippen LogP contribution in [0.4, 0.5) is 11.5 Å². The molecule has 41 heavy (non-hydrogen) atoms. The van der Waals surface area contributed by atoms with Gasteiger partial charge in [-0.15, -0.1) is 5.10 Å². The fourth-order valence-corrected chi connectivity index (χ4v) is 6.22. The van der Waals surface area contributed by atoms with Crippen molar-refractivity contribution in [2.45, 2.75) is 43.3 Å². The maximum absolute atomic E-state index is 13.7. The van der Waals surface area contributed by atoms with E-state index in [2.05, 4.69) is 41.6 Å². The number of carbonyl (C=O) groups excluding carboxylic acids is 2. The number of hydrogen-bond acceptors (Lipinski definition) is 9. The molecule has 1 aliphatic carbocycles. The molecule has 1 aliphatic heterocycles. The molecule has 2 aliphatic rings. The van der Waals surface area contributed by atoms with E-state index in [1.54, 1.807) is 24.3 Å². The SMILES string of the molecule is CC(NC(=O)c1cc(Cl)cc(Br)c1NC(=O)C1CC(OS(=O)(=O)c2ccccn2)=NN1c1ncccc1Cl)C1CC1. The van der Waals surface area contributed by atoms with E-state index in [0.717, 1.165) is 12.8 Å².